The van der Waals surface area contributed by atoms with Crippen LogP contribution in [0.3, 0.4) is 0 Å². The molecule has 1 aromatic carbocycles. The highest BCUT2D eigenvalue weighted by Crippen LogP contribution is 2.45. The number of pyridine rings is 1. The van der Waals surface area contributed by atoms with Crippen LogP contribution in [-0.2, 0) is 9.53 Å². The first-order chi connectivity index (χ1) is 14.0. The Kier molecular flexibility index (Phi) is 5.27. The van der Waals surface area contributed by atoms with Crippen LogP contribution in [0.1, 0.15) is 23.2 Å². The molecular formula is C21H21F2N3O3. The zero-order valence-corrected chi connectivity index (χ0v) is 15.7. The lowest BCUT2D eigenvalue weighted by molar-refractivity contribution is -0.124. The van der Waals surface area contributed by atoms with Gasteiger partial charge < -0.3 is 15.0 Å². The van der Waals surface area contributed by atoms with Crippen LogP contribution >= 0.6 is 0 Å². The quantitative estimate of drug-likeness (QED) is 0.859. The van der Waals surface area contributed by atoms with Crippen molar-refractivity contribution in [3.05, 3.63) is 59.9 Å². The van der Waals surface area contributed by atoms with Gasteiger partial charge in [-0.3, -0.25) is 14.6 Å². The molecule has 4 rings (SSSR count). The van der Waals surface area contributed by atoms with Crippen molar-refractivity contribution in [2.75, 3.05) is 31.6 Å². The van der Waals surface area contributed by atoms with Crippen molar-refractivity contribution in [3.63, 3.8) is 0 Å². The molecule has 1 N–H and O–H groups in total. The van der Waals surface area contributed by atoms with Gasteiger partial charge in [-0.15, -0.1) is 0 Å². The summed E-state index contributed by atoms with van der Waals surface area (Å²) in [5, 5.41) is 2.88. The molecule has 2 saturated heterocycles. The van der Waals surface area contributed by atoms with Crippen LogP contribution in [0.4, 0.5) is 14.5 Å². The molecule has 1 atom stereocenters. The average Bonchev–Trinajstić information content (AvgIpc) is 3.09. The SMILES string of the molecule is O=C(Nc1cccnc1)[C@H]1CN(C(=O)c2ccc(F)c(F)c2)CC12CCOCC2. The first-order valence-corrected chi connectivity index (χ1v) is 9.51. The molecule has 0 unspecified atom stereocenters. The number of ether oxygens (including phenoxy) is 1. The highest BCUT2D eigenvalue weighted by atomic mass is 19.2. The van der Waals surface area contributed by atoms with Gasteiger partial charge >= 0.3 is 0 Å². The van der Waals surface area contributed by atoms with E-state index in [9.17, 15) is 18.4 Å². The third kappa shape index (κ3) is 3.85. The number of anilines is 1. The molecule has 2 aliphatic rings. The summed E-state index contributed by atoms with van der Waals surface area (Å²) in [6.07, 6.45) is 4.49. The minimum Gasteiger partial charge on any atom is -0.381 e. The third-order valence-corrected chi connectivity index (χ3v) is 5.84. The largest absolute Gasteiger partial charge is 0.381 e. The van der Waals surface area contributed by atoms with Crippen LogP contribution in [-0.4, -0.2) is 48.0 Å². The fraction of sp³-hybridized carbons (Fsp3) is 0.381. The van der Waals surface area contributed by atoms with E-state index < -0.39 is 28.9 Å². The Morgan fingerprint density at radius 3 is 2.66 bits per heavy atom. The van der Waals surface area contributed by atoms with Gasteiger partial charge in [-0.2, -0.15) is 0 Å². The molecule has 8 heteroatoms. The maximum absolute atomic E-state index is 13.6. The molecule has 0 aliphatic carbocycles. The van der Waals surface area contributed by atoms with Gasteiger partial charge in [-0.1, -0.05) is 0 Å². The number of hydrogen-bond acceptors (Lipinski definition) is 4. The van der Waals surface area contributed by atoms with Crippen LogP contribution in [0.5, 0.6) is 0 Å². The smallest absolute Gasteiger partial charge is 0.254 e. The molecule has 6 nitrogen and oxygen atoms in total. The number of rotatable bonds is 3. The summed E-state index contributed by atoms with van der Waals surface area (Å²) in [6.45, 7) is 1.62. The first-order valence-electron chi connectivity index (χ1n) is 9.51. The van der Waals surface area contributed by atoms with Gasteiger partial charge in [0, 0.05) is 43.5 Å². The summed E-state index contributed by atoms with van der Waals surface area (Å²) in [5.74, 6) is -3.09. The molecule has 0 saturated carbocycles. The Morgan fingerprint density at radius 1 is 1.17 bits per heavy atom. The van der Waals surface area contributed by atoms with Crippen molar-refractivity contribution >= 4 is 17.5 Å². The topological polar surface area (TPSA) is 71.5 Å². The van der Waals surface area contributed by atoms with Crippen molar-refractivity contribution in [1.29, 1.82) is 0 Å². The second kappa shape index (κ2) is 7.87. The lowest BCUT2D eigenvalue weighted by atomic mass is 9.71. The summed E-state index contributed by atoms with van der Waals surface area (Å²) in [6, 6.07) is 6.58. The fourth-order valence-electron chi connectivity index (χ4n) is 4.25. The van der Waals surface area contributed by atoms with Gasteiger partial charge in [0.25, 0.3) is 5.91 Å². The summed E-state index contributed by atoms with van der Waals surface area (Å²) < 4.78 is 32.3. The summed E-state index contributed by atoms with van der Waals surface area (Å²) in [5.41, 5.74) is 0.253. The summed E-state index contributed by atoms with van der Waals surface area (Å²) in [7, 11) is 0. The number of nitrogens with one attached hydrogen (secondary N) is 1. The monoisotopic (exact) mass is 401 g/mol. The van der Waals surface area contributed by atoms with E-state index in [1.54, 1.807) is 29.4 Å². The molecule has 2 aromatic rings. The van der Waals surface area contributed by atoms with Crippen LogP contribution in [0.25, 0.3) is 0 Å². The van der Waals surface area contributed by atoms with Gasteiger partial charge in [-0.05, 0) is 43.2 Å². The Balaban J connectivity index is 1.57. The molecule has 0 bridgehead atoms. The minimum atomic E-state index is -1.07. The minimum absolute atomic E-state index is 0.0689. The number of halogens is 2. The van der Waals surface area contributed by atoms with Crippen molar-refractivity contribution in [1.82, 2.24) is 9.88 Å². The highest BCUT2D eigenvalue weighted by Gasteiger charge is 2.51. The Labute approximate surface area is 166 Å². The number of nitrogens with zero attached hydrogens (tertiary/aromatic N) is 2. The van der Waals surface area contributed by atoms with Crippen LogP contribution < -0.4 is 5.32 Å². The Hall–Kier alpha value is -2.87. The average molecular weight is 401 g/mol. The number of carbonyl (C=O) groups is 2. The molecule has 1 aromatic heterocycles. The van der Waals surface area contributed by atoms with Gasteiger partial charge in [0.2, 0.25) is 5.91 Å². The standard InChI is InChI=1S/C21H21F2N3O3/c22-17-4-3-14(10-18(17)23)20(28)26-12-16(21(13-26)5-8-29-9-6-21)19(27)25-15-2-1-7-24-11-15/h1-4,7,10-11,16H,5-6,8-9,12-13H2,(H,25,27)/t16-/m1/s1. The molecule has 2 amide bonds. The Bertz CT molecular complexity index is 917. The second-order valence-electron chi connectivity index (χ2n) is 7.57. The second-order valence-corrected chi connectivity index (χ2v) is 7.57. The molecule has 152 valence electrons. The van der Waals surface area contributed by atoms with E-state index in [-0.39, 0.29) is 18.0 Å². The number of carbonyl (C=O) groups excluding carboxylic acids is 2. The number of aromatic nitrogens is 1. The number of amides is 2. The fourth-order valence-corrected chi connectivity index (χ4v) is 4.25. The van der Waals surface area contributed by atoms with E-state index in [1.807, 2.05) is 0 Å². The highest BCUT2D eigenvalue weighted by molar-refractivity contribution is 5.97. The molecule has 2 aliphatic heterocycles. The number of hydrogen-bond donors (Lipinski definition) is 1. The lowest BCUT2D eigenvalue weighted by Crippen LogP contribution is -2.42. The molecular weight excluding hydrogens is 380 g/mol. The van der Waals surface area contributed by atoms with Crippen molar-refractivity contribution in [3.8, 4) is 0 Å². The molecule has 1 spiro atoms. The van der Waals surface area contributed by atoms with E-state index >= 15 is 0 Å². The zero-order valence-electron chi connectivity index (χ0n) is 15.7. The number of benzene rings is 1. The lowest BCUT2D eigenvalue weighted by Gasteiger charge is -2.37. The van der Waals surface area contributed by atoms with Crippen LogP contribution in [0.2, 0.25) is 0 Å². The van der Waals surface area contributed by atoms with E-state index in [1.165, 1.54) is 6.07 Å². The van der Waals surface area contributed by atoms with Crippen molar-refractivity contribution < 1.29 is 23.1 Å². The van der Waals surface area contributed by atoms with Crippen molar-refractivity contribution in [2.24, 2.45) is 11.3 Å². The number of likely N-dealkylation sites (tertiary alicyclic amines) is 1. The van der Waals surface area contributed by atoms with E-state index in [0.29, 0.717) is 38.3 Å². The molecule has 29 heavy (non-hydrogen) atoms. The Morgan fingerprint density at radius 2 is 1.97 bits per heavy atom. The summed E-state index contributed by atoms with van der Waals surface area (Å²) >= 11 is 0. The normalized spacial score (nSPS) is 20.6. The third-order valence-electron chi connectivity index (χ3n) is 5.84. The zero-order chi connectivity index (χ0) is 20.4. The van der Waals surface area contributed by atoms with Gasteiger partial charge in [0.15, 0.2) is 11.6 Å². The van der Waals surface area contributed by atoms with Crippen molar-refractivity contribution in [2.45, 2.75) is 12.8 Å². The molecule has 2 fully saturated rings. The first kappa shape index (κ1) is 19.4. The predicted molar refractivity (Wildman–Crippen MR) is 101 cm³/mol. The maximum atomic E-state index is 13.6. The molecule has 0 radical (unpaired) electrons. The summed E-state index contributed by atoms with van der Waals surface area (Å²) in [4.78, 5) is 31.6. The van der Waals surface area contributed by atoms with Crippen LogP contribution in [0, 0.1) is 23.0 Å². The van der Waals surface area contributed by atoms with Crippen LogP contribution in [0.15, 0.2) is 42.7 Å². The van der Waals surface area contributed by atoms with Gasteiger partial charge in [0.05, 0.1) is 17.8 Å². The molecule has 3 heterocycles. The van der Waals surface area contributed by atoms with E-state index in [0.717, 1.165) is 12.1 Å². The van der Waals surface area contributed by atoms with Gasteiger partial charge in [-0.25, -0.2) is 8.78 Å². The van der Waals surface area contributed by atoms with Gasteiger partial charge in [0.1, 0.15) is 0 Å². The van der Waals surface area contributed by atoms with E-state index in [4.69, 9.17) is 4.74 Å². The maximum Gasteiger partial charge on any atom is 0.254 e. The van der Waals surface area contributed by atoms with E-state index in [2.05, 4.69) is 10.3 Å². The predicted octanol–water partition coefficient (Wildman–Crippen LogP) is 2.87.